The first-order chi connectivity index (χ1) is 21.4. The molecule has 0 radical (unpaired) electrons. The van der Waals surface area contributed by atoms with Crippen molar-refractivity contribution in [2.75, 3.05) is 26.4 Å². The minimum absolute atomic E-state index is 0.0195. The Morgan fingerprint density at radius 2 is 1.49 bits per heavy atom. The average Bonchev–Trinajstić information content (AvgIpc) is 2.99. The van der Waals surface area contributed by atoms with Crippen LogP contribution in [-0.2, 0) is 36.9 Å². The van der Waals surface area contributed by atoms with Gasteiger partial charge in [0, 0.05) is 31.0 Å². The number of alkyl halides is 2. The first-order valence-corrected chi connectivity index (χ1v) is 16.1. The zero-order chi connectivity index (χ0) is 32.9. The van der Waals surface area contributed by atoms with Crippen LogP contribution in [0.25, 0.3) is 0 Å². The number of carbonyl (C=O) groups excluding carboxylic acids is 1. The van der Waals surface area contributed by atoms with Crippen molar-refractivity contribution in [3.05, 3.63) is 95.6 Å². The summed E-state index contributed by atoms with van der Waals surface area (Å²) in [6.07, 6.45) is -0.534. The van der Waals surface area contributed by atoms with Gasteiger partial charge in [0.2, 0.25) is 5.91 Å². The van der Waals surface area contributed by atoms with E-state index in [1.54, 1.807) is 42.5 Å². The second-order valence-corrected chi connectivity index (χ2v) is 12.3. The molecule has 0 aliphatic heterocycles. The number of hydrogen-bond donors (Lipinski definition) is 4. The fourth-order valence-corrected chi connectivity index (χ4v) is 6.29. The topological polar surface area (TPSA) is 143 Å². The van der Waals surface area contributed by atoms with E-state index in [2.05, 4.69) is 10.6 Å². The zero-order valence-corrected chi connectivity index (χ0v) is 26.1. The molecule has 1 atom stereocenters. The number of aromatic hydroxyl groups is 1. The normalized spacial score (nSPS) is 13.1. The molecule has 0 spiro atoms. The Hall–Kier alpha value is -3.99. The van der Waals surface area contributed by atoms with E-state index in [0.717, 1.165) is 12.1 Å². The van der Waals surface area contributed by atoms with Gasteiger partial charge < -0.3 is 34.6 Å². The van der Waals surface area contributed by atoms with Gasteiger partial charge in [0.05, 0.1) is 19.8 Å². The molecule has 0 saturated carbocycles. The SMILES string of the molecule is CCOP(=O)(OCC)C(F)(F)c1ccc(CC(Cc2ccccc2)(NC(=O)O)C(=O)NCCCCOc2cccc(O)c2)cc1. The van der Waals surface area contributed by atoms with Gasteiger partial charge >= 0.3 is 19.4 Å². The predicted molar refractivity (Wildman–Crippen MR) is 165 cm³/mol. The summed E-state index contributed by atoms with van der Waals surface area (Å²) in [4.78, 5) is 25.7. The Labute approximate surface area is 261 Å². The summed E-state index contributed by atoms with van der Waals surface area (Å²) in [6.45, 7) is 2.93. The van der Waals surface area contributed by atoms with Crippen LogP contribution in [0, 0.1) is 0 Å². The quantitative estimate of drug-likeness (QED) is 0.0908. The van der Waals surface area contributed by atoms with Gasteiger partial charge in [-0.2, -0.15) is 8.78 Å². The van der Waals surface area contributed by atoms with Crippen molar-refractivity contribution in [3.8, 4) is 11.5 Å². The van der Waals surface area contributed by atoms with Gasteiger partial charge in [-0.15, -0.1) is 0 Å². The van der Waals surface area contributed by atoms with E-state index in [4.69, 9.17) is 13.8 Å². The number of benzene rings is 3. The number of phenols is 1. The number of hydrogen-bond acceptors (Lipinski definition) is 7. The standard InChI is InChI=1S/C32H39F2N2O8P/c1-3-43-45(41,44-4-2)32(33,34)26-17-15-25(16-18-26)23-31(36-30(39)40,22-24-11-6-5-7-12-24)29(38)35-19-8-9-20-42-28-14-10-13-27(37)21-28/h5-7,10-18,21,36-37H,3-4,8-9,19-20,22-23H2,1-2H3,(H,35,38)(H,39,40). The number of amides is 2. The fraction of sp³-hybridized carbons (Fsp3) is 0.375. The van der Waals surface area contributed by atoms with Crippen LogP contribution in [-0.4, -0.2) is 54.1 Å². The molecule has 2 amide bonds. The molecule has 4 N–H and O–H groups in total. The molecule has 0 bridgehead atoms. The van der Waals surface area contributed by atoms with Crippen molar-refractivity contribution in [1.29, 1.82) is 0 Å². The average molecular weight is 649 g/mol. The lowest BCUT2D eigenvalue weighted by Gasteiger charge is -2.33. The second kappa shape index (κ2) is 16.4. The maximum Gasteiger partial charge on any atom is 0.405 e. The molecular formula is C32H39F2N2O8P. The number of unbranched alkanes of at least 4 members (excludes halogenated alkanes) is 1. The monoisotopic (exact) mass is 648 g/mol. The summed E-state index contributed by atoms with van der Waals surface area (Å²) in [5, 5.41) is 24.5. The number of halogens is 2. The smallest absolute Gasteiger partial charge is 0.405 e. The van der Waals surface area contributed by atoms with E-state index in [1.807, 2.05) is 0 Å². The lowest BCUT2D eigenvalue weighted by atomic mass is 9.83. The highest BCUT2D eigenvalue weighted by molar-refractivity contribution is 7.54. The Bertz CT molecular complexity index is 1430. The first-order valence-electron chi connectivity index (χ1n) is 14.6. The van der Waals surface area contributed by atoms with Crippen molar-refractivity contribution in [2.24, 2.45) is 0 Å². The third-order valence-electron chi connectivity index (χ3n) is 6.82. The third kappa shape index (κ3) is 9.75. The largest absolute Gasteiger partial charge is 0.508 e. The van der Waals surface area contributed by atoms with Crippen molar-refractivity contribution in [2.45, 2.75) is 50.7 Å². The van der Waals surface area contributed by atoms with Gasteiger partial charge in [0.15, 0.2) is 0 Å². The molecule has 3 rings (SSSR count). The van der Waals surface area contributed by atoms with Crippen LogP contribution in [0.2, 0.25) is 0 Å². The summed E-state index contributed by atoms with van der Waals surface area (Å²) < 4.78 is 58.8. The van der Waals surface area contributed by atoms with Crippen LogP contribution >= 0.6 is 7.60 Å². The molecule has 45 heavy (non-hydrogen) atoms. The zero-order valence-electron chi connectivity index (χ0n) is 25.2. The van der Waals surface area contributed by atoms with Crippen molar-refractivity contribution >= 4 is 19.6 Å². The van der Waals surface area contributed by atoms with E-state index < -0.39 is 36.4 Å². The molecule has 1 unspecified atom stereocenters. The number of nitrogens with one attached hydrogen (secondary N) is 2. The van der Waals surface area contributed by atoms with Crippen LogP contribution in [0.1, 0.15) is 43.4 Å². The summed E-state index contributed by atoms with van der Waals surface area (Å²) >= 11 is 0. The Morgan fingerprint density at radius 1 is 0.867 bits per heavy atom. The lowest BCUT2D eigenvalue weighted by molar-refractivity contribution is -0.127. The van der Waals surface area contributed by atoms with Gasteiger partial charge in [-0.3, -0.25) is 9.36 Å². The molecular weight excluding hydrogens is 609 g/mol. The highest BCUT2D eigenvalue weighted by atomic mass is 31.2. The molecule has 0 aliphatic rings. The predicted octanol–water partition coefficient (Wildman–Crippen LogP) is 6.47. The number of rotatable bonds is 18. The van der Waals surface area contributed by atoms with Crippen LogP contribution in [0.15, 0.2) is 78.9 Å². The van der Waals surface area contributed by atoms with Crippen LogP contribution < -0.4 is 15.4 Å². The highest BCUT2D eigenvalue weighted by Crippen LogP contribution is 2.66. The maximum atomic E-state index is 15.3. The fourth-order valence-electron chi connectivity index (χ4n) is 4.75. The number of carbonyl (C=O) groups is 2. The Morgan fingerprint density at radius 3 is 2.07 bits per heavy atom. The van der Waals surface area contributed by atoms with Crippen LogP contribution in [0.3, 0.4) is 0 Å². The van der Waals surface area contributed by atoms with E-state index in [0.29, 0.717) is 36.3 Å². The molecule has 3 aromatic carbocycles. The van der Waals surface area contributed by atoms with E-state index in [1.165, 1.54) is 38.1 Å². The minimum Gasteiger partial charge on any atom is -0.508 e. The number of carboxylic acid groups (broad SMARTS) is 1. The van der Waals surface area contributed by atoms with Gasteiger partial charge in [0.1, 0.15) is 17.0 Å². The summed E-state index contributed by atoms with van der Waals surface area (Å²) in [5.41, 5.74) is -5.18. The van der Waals surface area contributed by atoms with Gasteiger partial charge in [-0.25, -0.2) is 4.79 Å². The van der Waals surface area contributed by atoms with Crippen LogP contribution in [0.5, 0.6) is 11.5 Å². The van der Waals surface area contributed by atoms with Crippen molar-refractivity contribution in [1.82, 2.24) is 10.6 Å². The van der Waals surface area contributed by atoms with E-state index in [9.17, 15) is 24.4 Å². The molecule has 3 aromatic rings. The van der Waals surface area contributed by atoms with Crippen LogP contribution in [0.4, 0.5) is 13.6 Å². The number of ether oxygens (including phenoxy) is 1. The molecule has 13 heteroatoms. The third-order valence-corrected chi connectivity index (χ3v) is 8.96. The molecule has 0 heterocycles. The number of phenolic OH excluding ortho intramolecular Hbond substituents is 1. The molecule has 0 fully saturated rings. The molecule has 0 aromatic heterocycles. The Balaban J connectivity index is 1.79. The van der Waals surface area contributed by atoms with Crippen molar-refractivity contribution in [3.63, 3.8) is 0 Å². The molecule has 10 nitrogen and oxygen atoms in total. The summed E-state index contributed by atoms with van der Waals surface area (Å²) in [5.74, 6) is 0.00280. The molecule has 0 saturated heterocycles. The van der Waals surface area contributed by atoms with E-state index in [-0.39, 0.29) is 38.3 Å². The first kappa shape index (κ1) is 35.5. The maximum absolute atomic E-state index is 15.3. The second-order valence-electron chi connectivity index (χ2n) is 10.2. The van der Waals surface area contributed by atoms with Crippen molar-refractivity contribution < 1.29 is 46.9 Å². The van der Waals surface area contributed by atoms with E-state index >= 15 is 8.78 Å². The molecule has 244 valence electrons. The lowest BCUT2D eigenvalue weighted by Crippen LogP contribution is -2.61. The highest BCUT2D eigenvalue weighted by Gasteiger charge is 2.54. The van der Waals surface area contributed by atoms with Gasteiger partial charge in [-0.1, -0.05) is 60.7 Å². The Kier molecular flexibility index (Phi) is 12.9. The van der Waals surface area contributed by atoms with Gasteiger partial charge in [0.25, 0.3) is 0 Å². The summed E-state index contributed by atoms with van der Waals surface area (Å²) in [7, 11) is -4.83. The minimum atomic E-state index is -4.83. The summed E-state index contributed by atoms with van der Waals surface area (Å²) in [6, 6.07) is 20.0. The van der Waals surface area contributed by atoms with Gasteiger partial charge in [-0.05, 0) is 49.9 Å². The molecule has 0 aliphatic carbocycles.